The summed E-state index contributed by atoms with van der Waals surface area (Å²) in [7, 11) is 0. The maximum Gasteiger partial charge on any atom is 0.0716 e. The summed E-state index contributed by atoms with van der Waals surface area (Å²) in [5.74, 6) is 0. The van der Waals surface area contributed by atoms with Crippen molar-refractivity contribution in [2.24, 2.45) is 5.73 Å². The van der Waals surface area contributed by atoms with Gasteiger partial charge in [-0.2, -0.15) is 0 Å². The fourth-order valence-electron chi connectivity index (χ4n) is 1.45. The van der Waals surface area contributed by atoms with Crippen LogP contribution >= 0.6 is 0 Å². The van der Waals surface area contributed by atoms with Crippen LogP contribution in [-0.2, 0) is 11.3 Å². The van der Waals surface area contributed by atoms with Gasteiger partial charge in [0.05, 0.1) is 6.61 Å². The molecule has 0 aliphatic heterocycles. The van der Waals surface area contributed by atoms with E-state index < -0.39 is 0 Å². The highest BCUT2D eigenvalue weighted by molar-refractivity contribution is 5.13. The zero-order chi connectivity index (χ0) is 9.86. The molecule has 1 saturated carbocycles. The molecule has 0 atom stereocenters. The molecular weight excluding hydrogens is 174 g/mol. The molecule has 0 aromatic heterocycles. The van der Waals surface area contributed by atoms with E-state index in [2.05, 4.69) is 12.1 Å². The smallest absolute Gasteiger partial charge is 0.0716 e. The van der Waals surface area contributed by atoms with Crippen molar-refractivity contribution in [3.05, 3.63) is 35.9 Å². The van der Waals surface area contributed by atoms with Gasteiger partial charge in [0.25, 0.3) is 0 Å². The van der Waals surface area contributed by atoms with E-state index in [1.165, 1.54) is 18.4 Å². The van der Waals surface area contributed by atoms with Crippen molar-refractivity contribution in [3.8, 4) is 0 Å². The van der Waals surface area contributed by atoms with E-state index in [1.54, 1.807) is 0 Å². The molecule has 1 aliphatic carbocycles. The molecule has 2 rings (SSSR count). The van der Waals surface area contributed by atoms with E-state index in [4.69, 9.17) is 10.5 Å². The van der Waals surface area contributed by atoms with E-state index in [9.17, 15) is 0 Å². The summed E-state index contributed by atoms with van der Waals surface area (Å²) in [6, 6.07) is 10.2. The van der Waals surface area contributed by atoms with Crippen molar-refractivity contribution in [3.63, 3.8) is 0 Å². The number of hydrogen-bond donors (Lipinski definition) is 1. The molecule has 0 amide bonds. The van der Waals surface area contributed by atoms with Crippen molar-refractivity contribution in [1.82, 2.24) is 0 Å². The van der Waals surface area contributed by atoms with Crippen LogP contribution < -0.4 is 5.73 Å². The van der Waals surface area contributed by atoms with Gasteiger partial charge in [-0.3, -0.25) is 0 Å². The minimum absolute atomic E-state index is 0.122. The Bertz CT molecular complexity index is 280. The highest BCUT2D eigenvalue weighted by Crippen LogP contribution is 2.35. The lowest BCUT2D eigenvalue weighted by Crippen LogP contribution is -2.23. The lowest BCUT2D eigenvalue weighted by molar-refractivity contribution is 0.112. The van der Waals surface area contributed by atoms with Gasteiger partial charge in [0, 0.05) is 12.1 Å². The Morgan fingerprint density at radius 3 is 2.57 bits per heavy atom. The Morgan fingerprint density at radius 2 is 1.93 bits per heavy atom. The van der Waals surface area contributed by atoms with Crippen molar-refractivity contribution in [2.75, 3.05) is 6.61 Å². The van der Waals surface area contributed by atoms with E-state index in [0.717, 1.165) is 13.0 Å². The van der Waals surface area contributed by atoms with Crippen LogP contribution in [0.3, 0.4) is 0 Å². The molecule has 0 heterocycles. The molecule has 0 unspecified atom stereocenters. The summed E-state index contributed by atoms with van der Waals surface area (Å²) in [6.45, 7) is 1.49. The van der Waals surface area contributed by atoms with Crippen molar-refractivity contribution < 1.29 is 4.74 Å². The first-order valence-corrected chi connectivity index (χ1v) is 5.19. The fourth-order valence-corrected chi connectivity index (χ4v) is 1.45. The average molecular weight is 191 g/mol. The van der Waals surface area contributed by atoms with Gasteiger partial charge in [0.1, 0.15) is 0 Å². The topological polar surface area (TPSA) is 35.2 Å². The quantitative estimate of drug-likeness (QED) is 0.723. The summed E-state index contributed by atoms with van der Waals surface area (Å²) in [5, 5.41) is 0. The summed E-state index contributed by atoms with van der Waals surface area (Å²) in [6.07, 6.45) is 3.34. The largest absolute Gasteiger partial charge is 0.377 e. The van der Waals surface area contributed by atoms with Gasteiger partial charge in [0.2, 0.25) is 0 Å². The predicted octanol–water partition coefficient (Wildman–Crippen LogP) is 2.08. The zero-order valence-corrected chi connectivity index (χ0v) is 8.41. The van der Waals surface area contributed by atoms with Crippen LogP contribution in [0.15, 0.2) is 30.3 Å². The maximum absolute atomic E-state index is 5.95. The van der Waals surface area contributed by atoms with Crippen molar-refractivity contribution >= 4 is 0 Å². The summed E-state index contributed by atoms with van der Waals surface area (Å²) in [5.41, 5.74) is 7.30. The minimum Gasteiger partial charge on any atom is -0.377 e. The predicted molar refractivity (Wildman–Crippen MR) is 56.9 cm³/mol. The van der Waals surface area contributed by atoms with Crippen LogP contribution in [-0.4, -0.2) is 12.1 Å². The Morgan fingerprint density at radius 1 is 1.21 bits per heavy atom. The Balaban J connectivity index is 1.63. The Labute approximate surface area is 85.1 Å². The second kappa shape index (κ2) is 4.11. The molecule has 1 fully saturated rings. The molecule has 0 saturated heterocycles. The third kappa shape index (κ3) is 2.82. The van der Waals surface area contributed by atoms with Crippen LogP contribution in [0.2, 0.25) is 0 Å². The number of nitrogens with two attached hydrogens (primary N) is 1. The Kier molecular flexibility index (Phi) is 2.85. The van der Waals surface area contributed by atoms with Crippen LogP contribution in [0.1, 0.15) is 24.8 Å². The molecule has 2 heteroatoms. The third-order valence-corrected chi connectivity index (χ3v) is 2.75. The first kappa shape index (κ1) is 9.69. The highest BCUT2D eigenvalue weighted by atomic mass is 16.5. The van der Waals surface area contributed by atoms with Crippen LogP contribution in [0.4, 0.5) is 0 Å². The van der Waals surface area contributed by atoms with Crippen LogP contribution in [0, 0.1) is 0 Å². The van der Waals surface area contributed by atoms with Gasteiger partial charge in [-0.05, 0) is 24.8 Å². The molecule has 2 N–H and O–H groups in total. The maximum atomic E-state index is 5.95. The lowest BCUT2D eigenvalue weighted by Gasteiger charge is -2.08. The van der Waals surface area contributed by atoms with Gasteiger partial charge >= 0.3 is 0 Å². The second-order valence-corrected chi connectivity index (χ2v) is 4.15. The number of hydrogen-bond acceptors (Lipinski definition) is 2. The number of benzene rings is 1. The van der Waals surface area contributed by atoms with E-state index in [1.807, 2.05) is 18.2 Å². The summed E-state index contributed by atoms with van der Waals surface area (Å²) < 4.78 is 5.56. The average Bonchev–Trinajstić information content (AvgIpc) is 2.94. The van der Waals surface area contributed by atoms with Gasteiger partial charge in [-0.15, -0.1) is 0 Å². The van der Waals surface area contributed by atoms with Gasteiger partial charge in [0.15, 0.2) is 0 Å². The van der Waals surface area contributed by atoms with E-state index in [-0.39, 0.29) is 5.54 Å². The number of ether oxygens (including phenoxy) is 1. The van der Waals surface area contributed by atoms with Crippen LogP contribution in [0.25, 0.3) is 0 Å². The first-order valence-electron chi connectivity index (χ1n) is 5.19. The van der Waals surface area contributed by atoms with Gasteiger partial charge in [-0.1, -0.05) is 30.3 Å². The van der Waals surface area contributed by atoms with E-state index in [0.29, 0.717) is 6.61 Å². The van der Waals surface area contributed by atoms with Crippen molar-refractivity contribution in [2.45, 2.75) is 31.4 Å². The Hall–Kier alpha value is -0.860. The molecule has 0 bridgehead atoms. The monoisotopic (exact) mass is 191 g/mol. The first-order chi connectivity index (χ1) is 6.79. The molecule has 1 aliphatic rings. The lowest BCUT2D eigenvalue weighted by atomic mass is 10.2. The fraction of sp³-hybridized carbons (Fsp3) is 0.500. The normalized spacial score (nSPS) is 18.1. The molecule has 0 radical (unpaired) electrons. The molecule has 0 spiro atoms. The standard InChI is InChI=1S/C12H17NO/c13-12(6-7-12)8-9-14-10-11-4-2-1-3-5-11/h1-5H,6-10,13H2. The highest BCUT2D eigenvalue weighted by Gasteiger charge is 2.37. The molecule has 1 aromatic rings. The third-order valence-electron chi connectivity index (χ3n) is 2.75. The van der Waals surface area contributed by atoms with E-state index >= 15 is 0 Å². The SMILES string of the molecule is NC1(CCOCc2ccccc2)CC1. The van der Waals surface area contributed by atoms with Crippen LogP contribution in [0.5, 0.6) is 0 Å². The minimum atomic E-state index is 0.122. The molecule has 2 nitrogen and oxygen atoms in total. The molecule has 1 aromatic carbocycles. The van der Waals surface area contributed by atoms with Crippen molar-refractivity contribution in [1.29, 1.82) is 0 Å². The summed E-state index contributed by atoms with van der Waals surface area (Å²) >= 11 is 0. The number of rotatable bonds is 5. The molecule has 14 heavy (non-hydrogen) atoms. The van der Waals surface area contributed by atoms with Gasteiger partial charge in [-0.25, -0.2) is 0 Å². The van der Waals surface area contributed by atoms with Gasteiger partial charge < -0.3 is 10.5 Å². The zero-order valence-electron chi connectivity index (χ0n) is 8.41. The molecule has 76 valence electrons. The second-order valence-electron chi connectivity index (χ2n) is 4.15. The molecular formula is C12H17NO. The summed E-state index contributed by atoms with van der Waals surface area (Å²) in [4.78, 5) is 0.